The van der Waals surface area contributed by atoms with E-state index in [1.165, 1.54) is 7.05 Å². The number of guanidine groups is 1. The van der Waals surface area contributed by atoms with Crippen molar-refractivity contribution in [3.05, 3.63) is 35.9 Å². The Hall–Kier alpha value is -1.52. The van der Waals surface area contributed by atoms with Gasteiger partial charge in [0.05, 0.1) is 12.6 Å². The monoisotopic (exact) mass is 458 g/mol. The molecule has 0 radical (unpaired) electrons. The van der Waals surface area contributed by atoms with Crippen molar-refractivity contribution in [2.24, 2.45) is 4.99 Å². The van der Waals surface area contributed by atoms with Gasteiger partial charge in [-0.05, 0) is 12.5 Å². The second kappa shape index (κ2) is 10.4. The fourth-order valence-corrected chi connectivity index (χ4v) is 1.88. The molecule has 0 saturated carbocycles. The van der Waals surface area contributed by atoms with Crippen LogP contribution in [0.1, 0.15) is 18.5 Å². The number of benzene rings is 1. The van der Waals surface area contributed by atoms with Crippen molar-refractivity contribution in [3.8, 4) is 0 Å². The second-order valence-corrected chi connectivity index (χ2v) is 5.07. The van der Waals surface area contributed by atoms with Gasteiger partial charge in [0.2, 0.25) is 5.91 Å². The van der Waals surface area contributed by atoms with Gasteiger partial charge in [-0.25, -0.2) is 0 Å². The summed E-state index contributed by atoms with van der Waals surface area (Å²) in [6, 6.07) is 9.52. The molecule has 0 aromatic heterocycles. The molecule has 1 rings (SSSR count). The number of rotatable bonds is 5. The molecule has 1 amide bonds. The average molecular weight is 458 g/mol. The van der Waals surface area contributed by atoms with E-state index in [4.69, 9.17) is 0 Å². The van der Waals surface area contributed by atoms with Crippen LogP contribution in [0.3, 0.4) is 0 Å². The molecule has 0 spiro atoms. The number of nitrogens with one attached hydrogen (secondary N) is 2. The molecule has 2 N–H and O–H groups in total. The number of aliphatic imine (C=N–C) groups is 1. The zero-order valence-electron chi connectivity index (χ0n) is 13.7. The van der Waals surface area contributed by atoms with Gasteiger partial charge < -0.3 is 15.5 Å². The number of hydrogen-bond donors (Lipinski definition) is 2. The van der Waals surface area contributed by atoms with Gasteiger partial charge in [0, 0.05) is 14.1 Å². The summed E-state index contributed by atoms with van der Waals surface area (Å²) >= 11 is 0. The molecule has 1 aromatic rings. The molecule has 0 aliphatic rings. The number of hydrogen-bond acceptors (Lipinski definition) is 2. The summed E-state index contributed by atoms with van der Waals surface area (Å²) in [5.74, 6) is -0.326. The molecule has 1 aromatic carbocycles. The van der Waals surface area contributed by atoms with Gasteiger partial charge in [-0.1, -0.05) is 30.3 Å². The molecule has 1 atom stereocenters. The fourth-order valence-electron chi connectivity index (χ4n) is 1.88. The minimum atomic E-state index is -4.41. The van der Waals surface area contributed by atoms with Gasteiger partial charge in [-0.3, -0.25) is 9.79 Å². The van der Waals surface area contributed by atoms with Gasteiger partial charge >= 0.3 is 6.18 Å². The number of amides is 1. The molecule has 0 bridgehead atoms. The Morgan fingerprint density at radius 3 is 2.38 bits per heavy atom. The maximum Gasteiger partial charge on any atom is 0.406 e. The molecular formula is C15H22F3IN4O. The van der Waals surface area contributed by atoms with E-state index in [1.807, 2.05) is 37.3 Å². The summed E-state index contributed by atoms with van der Waals surface area (Å²) in [6.45, 7) is 0.369. The zero-order chi connectivity index (χ0) is 17.5. The van der Waals surface area contributed by atoms with Crippen molar-refractivity contribution in [3.63, 3.8) is 0 Å². The third-order valence-corrected chi connectivity index (χ3v) is 3.13. The summed E-state index contributed by atoms with van der Waals surface area (Å²) in [5.41, 5.74) is 1.02. The first-order valence-electron chi connectivity index (χ1n) is 7.05. The molecule has 0 aliphatic carbocycles. The zero-order valence-corrected chi connectivity index (χ0v) is 16.1. The van der Waals surface area contributed by atoms with Crippen molar-refractivity contribution < 1.29 is 18.0 Å². The molecular weight excluding hydrogens is 436 g/mol. The Morgan fingerprint density at radius 1 is 1.29 bits per heavy atom. The van der Waals surface area contributed by atoms with E-state index in [1.54, 1.807) is 0 Å². The summed E-state index contributed by atoms with van der Waals surface area (Å²) < 4.78 is 36.7. The number of halogens is 4. The van der Waals surface area contributed by atoms with Crippen LogP contribution in [-0.2, 0) is 4.79 Å². The molecule has 0 aliphatic heterocycles. The van der Waals surface area contributed by atoms with Crippen LogP contribution in [0.4, 0.5) is 13.2 Å². The molecule has 0 saturated heterocycles. The van der Waals surface area contributed by atoms with E-state index in [-0.39, 0.29) is 36.6 Å². The van der Waals surface area contributed by atoms with E-state index in [0.717, 1.165) is 12.6 Å². The summed E-state index contributed by atoms with van der Waals surface area (Å²) in [7, 11) is 2.64. The number of carbonyl (C=O) groups excluding carboxylic acids is 1. The molecule has 0 fully saturated rings. The topological polar surface area (TPSA) is 56.7 Å². The highest BCUT2D eigenvalue weighted by Crippen LogP contribution is 2.15. The second-order valence-electron chi connectivity index (χ2n) is 5.07. The van der Waals surface area contributed by atoms with E-state index in [0.29, 0.717) is 10.9 Å². The fraction of sp³-hybridized carbons (Fsp3) is 0.467. The number of alkyl halides is 3. The maximum atomic E-state index is 12.2. The van der Waals surface area contributed by atoms with E-state index in [2.05, 4.69) is 15.6 Å². The third-order valence-electron chi connectivity index (χ3n) is 3.13. The number of likely N-dealkylation sites (N-methyl/N-ethyl adjacent to an activating group) is 1. The first-order chi connectivity index (χ1) is 10.7. The number of nitrogens with zero attached hydrogens (tertiary/aromatic N) is 2. The summed E-state index contributed by atoms with van der Waals surface area (Å²) in [6.07, 6.45) is -4.41. The Balaban J connectivity index is 0.00000529. The van der Waals surface area contributed by atoms with Gasteiger partial charge in [-0.2, -0.15) is 13.2 Å². The first kappa shape index (κ1) is 22.5. The van der Waals surface area contributed by atoms with Crippen LogP contribution >= 0.6 is 24.0 Å². The van der Waals surface area contributed by atoms with Gasteiger partial charge in [0.1, 0.15) is 6.54 Å². The minimum absolute atomic E-state index is 0. The van der Waals surface area contributed by atoms with E-state index < -0.39 is 18.6 Å². The number of carbonyl (C=O) groups is 1. The molecule has 136 valence electrons. The van der Waals surface area contributed by atoms with Crippen LogP contribution in [0.25, 0.3) is 0 Å². The Kier molecular flexibility index (Phi) is 9.71. The normalized spacial score (nSPS) is 12.8. The first-order valence-corrected chi connectivity index (χ1v) is 7.05. The summed E-state index contributed by atoms with van der Waals surface area (Å²) in [5, 5.41) is 5.79. The lowest BCUT2D eigenvalue weighted by Crippen LogP contribution is -2.46. The van der Waals surface area contributed by atoms with Crippen molar-refractivity contribution in [1.29, 1.82) is 0 Å². The molecule has 5 nitrogen and oxygen atoms in total. The van der Waals surface area contributed by atoms with Crippen molar-refractivity contribution in [2.75, 3.05) is 27.2 Å². The summed E-state index contributed by atoms with van der Waals surface area (Å²) in [4.78, 5) is 16.3. The largest absolute Gasteiger partial charge is 0.406 e. The Morgan fingerprint density at radius 2 is 1.88 bits per heavy atom. The standard InChI is InChI=1S/C15H21F3N4O.HI/c1-11(12-7-5-4-6-8-12)21-14(19-2)20-9-13(23)22(3)10-15(16,17)18;/h4-8,11H,9-10H2,1-3H3,(H2,19,20,21);1H. The highest BCUT2D eigenvalue weighted by Gasteiger charge is 2.31. The lowest BCUT2D eigenvalue weighted by atomic mass is 10.1. The smallest absolute Gasteiger partial charge is 0.350 e. The lowest BCUT2D eigenvalue weighted by molar-refractivity contribution is -0.157. The quantitative estimate of drug-likeness (QED) is 0.405. The molecule has 1 unspecified atom stereocenters. The van der Waals surface area contributed by atoms with Crippen molar-refractivity contribution in [1.82, 2.24) is 15.5 Å². The maximum absolute atomic E-state index is 12.2. The highest BCUT2D eigenvalue weighted by molar-refractivity contribution is 14.0. The van der Waals surface area contributed by atoms with Crippen LogP contribution in [0, 0.1) is 0 Å². The predicted molar refractivity (Wildman–Crippen MR) is 98.5 cm³/mol. The SMILES string of the molecule is CN=C(NCC(=O)N(C)CC(F)(F)F)NC(C)c1ccccc1.I. The highest BCUT2D eigenvalue weighted by atomic mass is 127. The molecule has 0 heterocycles. The van der Waals surface area contributed by atoms with Gasteiger partial charge in [0.25, 0.3) is 0 Å². The molecule has 9 heteroatoms. The van der Waals surface area contributed by atoms with Crippen LogP contribution in [0.2, 0.25) is 0 Å². The lowest BCUT2D eigenvalue weighted by Gasteiger charge is -2.21. The van der Waals surface area contributed by atoms with Crippen LogP contribution in [0.5, 0.6) is 0 Å². The Labute approximate surface area is 156 Å². The predicted octanol–water partition coefficient (Wildman–Crippen LogP) is 2.55. The van der Waals surface area contributed by atoms with E-state index >= 15 is 0 Å². The average Bonchev–Trinajstić information content (AvgIpc) is 2.50. The van der Waals surface area contributed by atoms with Gasteiger partial charge in [-0.15, -0.1) is 24.0 Å². The Bertz CT molecular complexity index is 537. The molecule has 24 heavy (non-hydrogen) atoms. The van der Waals surface area contributed by atoms with Crippen molar-refractivity contribution in [2.45, 2.75) is 19.1 Å². The van der Waals surface area contributed by atoms with Crippen molar-refractivity contribution >= 4 is 35.8 Å². The van der Waals surface area contributed by atoms with Crippen LogP contribution in [-0.4, -0.2) is 50.1 Å². The van der Waals surface area contributed by atoms with Crippen LogP contribution in [0.15, 0.2) is 35.3 Å². The third kappa shape index (κ3) is 8.37. The van der Waals surface area contributed by atoms with Gasteiger partial charge in [0.15, 0.2) is 5.96 Å². The minimum Gasteiger partial charge on any atom is -0.350 e. The van der Waals surface area contributed by atoms with Crippen LogP contribution < -0.4 is 10.6 Å². The van der Waals surface area contributed by atoms with E-state index in [9.17, 15) is 18.0 Å².